The van der Waals surface area contributed by atoms with Gasteiger partial charge in [0.2, 0.25) is 0 Å². The van der Waals surface area contributed by atoms with Crippen LogP contribution < -0.4 is 11.1 Å². The quantitative estimate of drug-likeness (QED) is 0.523. The van der Waals surface area contributed by atoms with Crippen LogP contribution in [-0.2, 0) is 0 Å². The average molecular weight is 454 g/mol. The molecule has 2 aromatic rings. The molecule has 2 nitrogen and oxygen atoms in total. The van der Waals surface area contributed by atoms with Gasteiger partial charge in [-0.25, -0.2) is 4.39 Å². The number of halogens is 3. The van der Waals surface area contributed by atoms with E-state index in [4.69, 9.17) is 5.73 Å². The molecule has 17 heavy (non-hydrogen) atoms. The zero-order chi connectivity index (χ0) is 12.4. The van der Waals surface area contributed by atoms with Gasteiger partial charge in [-0.3, -0.25) is 0 Å². The van der Waals surface area contributed by atoms with Gasteiger partial charge in [-0.05, 0) is 75.5 Å². The number of nitrogens with two attached hydrogens (primary N) is 1. The van der Waals surface area contributed by atoms with Crippen molar-refractivity contribution in [1.29, 1.82) is 0 Å². The normalized spacial score (nSPS) is 10.3. The third-order valence-electron chi connectivity index (χ3n) is 2.22. The van der Waals surface area contributed by atoms with Gasteiger partial charge in [0.15, 0.2) is 0 Å². The van der Waals surface area contributed by atoms with Crippen molar-refractivity contribution < 1.29 is 4.39 Å². The summed E-state index contributed by atoms with van der Waals surface area (Å²) in [5.41, 5.74) is 7.84. The molecule has 0 amide bonds. The van der Waals surface area contributed by atoms with Crippen molar-refractivity contribution in [3.63, 3.8) is 0 Å². The number of hydrogen-bond acceptors (Lipinski definition) is 2. The van der Waals surface area contributed by atoms with Crippen LogP contribution in [-0.4, -0.2) is 0 Å². The second-order valence-electron chi connectivity index (χ2n) is 3.49. The van der Waals surface area contributed by atoms with Crippen molar-refractivity contribution in [1.82, 2.24) is 0 Å². The van der Waals surface area contributed by atoms with E-state index in [1.807, 2.05) is 46.9 Å². The lowest BCUT2D eigenvalue weighted by molar-refractivity contribution is 0.621. The van der Waals surface area contributed by atoms with Gasteiger partial charge in [-0.15, -0.1) is 0 Å². The summed E-state index contributed by atoms with van der Waals surface area (Å²) in [6.45, 7) is 0. The second kappa shape index (κ2) is 5.38. The molecular formula is C12H9FI2N2. The lowest BCUT2D eigenvalue weighted by atomic mass is 10.2. The molecule has 0 aliphatic rings. The molecule has 0 saturated heterocycles. The fourth-order valence-electron chi connectivity index (χ4n) is 1.36. The molecule has 5 heteroatoms. The molecule has 88 valence electrons. The molecule has 2 rings (SSSR count). The lowest BCUT2D eigenvalue weighted by Crippen LogP contribution is -1.98. The SMILES string of the molecule is Nc1cc(I)c(F)cc1Nc1ccc(I)cc1. The summed E-state index contributed by atoms with van der Waals surface area (Å²) in [5.74, 6) is -0.271. The first-order chi connectivity index (χ1) is 8.06. The van der Waals surface area contributed by atoms with Crippen LogP contribution in [0, 0.1) is 13.0 Å². The van der Waals surface area contributed by atoms with Gasteiger partial charge < -0.3 is 11.1 Å². The Morgan fingerprint density at radius 2 is 1.71 bits per heavy atom. The number of benzene rings is 2. The molecule has 3 N–H and O–H groups in total. The maximum absolute atomic E-state index is 13.4. The smallest absolute Gasteiger partial charge is 0.138 e. The van der Waals surface area contributed by atoms with Gasteiger partial charge in [-0.2, -0.15) is 0 Å². The molecule has 0 atom stereocenters. The fraction of sp³-hybridized carbons (Fsp3) is 0. The standard InChI is InChI=1S/C12H9FI2N2/c13-9-5-12(11(16)6-10(9)15)17-8-3-1-7(14)2-4-8/h1-6,17H,16H2. The minimum Gasteiger partial charge on any atom is -0.397 e. The van der Waals surface area contributed by atoms with E-state index in [-0.39, 0.29) is 5.82 Å². The summed E-state index contributed by atoms with van der Waals surface area (Å²) >= 11 is 4.15. The van der Waals surface area contributed by atoms with Crippen LogP contribution in [0.15, 0.2) is 36.4 Å². The molecular weight excluding hydrogens is 445 g/mol. The Hall–Kier alpha value is -0.570. The first kappa shape index (κ1) is 12.9. The zero-order valence-electron chi connectivity index (χ0n) is 8.68. The minimum absolute atomic E-state index is 0.271. The van der Waals surface area contributed by atoms with E-state index in [1.165, 1.54) is 6.07 Å². The summed E-state index contributed by atoms with van der Waals surface area (Å²) in [4.78, 5) is 0. The van der Waals surface area contributed by atoms with E-state index in [9.17, 15) is 4.39 Å². The predicted molar refractivity (Wildman–Crippen MR) is 86.0 cm³/mol. The summed E-state index contributed by atoms with van der Waals surface area (Å²) in [6, 6.07) is 10.8. The molecule has 2 aromatic carbocycles. The van der Waals surface area contributed by atoms with E-state index in [0.29, 0.717) is 14.9 Å². The van der Waals surface area contributed by atoms with Gasteiger partial charge >= 0.3 is 0 Å². The molecule has 0 saturated carbocycles. The van der Waals surface area contributed by atoms with Gasteiger partial charge in [0.1, 0.15) is 5.82 Å². The van der Waals surface area contributed by atoms with Crippen molar-refractivity contribution >= 4 is 62.2 Å². The number of nitrogens with one attached hydrogen (secondary N) is 1. The van der Waals surface area contributed by atoms with Crippen molar-refractivity contribution in [3.05, 3.63) is 49.4 Å². The highest BCUT2D eigenvalue weighted by Gasteiger charge is 2.06. The van der Waals surface area contributed by atoms with E-state index in [1.54, 1.807) is 6.07 Å². The molecule has 0 aromatic heterocycles. The lowest BCUT2D eigenvalue weighted by Gasteiger charge is -2.10. The Kier molecular flexibility index (Phi) is 4.08. The Bertz CT molecular complexity index is 541. The summed E-state index contributed by atoms with van der Waals surface area (Å²) in [5, 5.41) is 3.10. The monoisotopic (exact) mass is 454 g/mol. The van der Waals surface area contributed by atoms with Crippen LogP contribution in [0.2, 0.25) is 0 Å². The van der Waals surface area contributed by atoms with Crippen LogP contribution in [0.3, 0.4) is 0 Å². The van der Waals surface area contributed by atoms with E-state index >= 15 is 0 Å². The van der Waals surface area contributed by atoms with E-state index in [0.717, 1.165) is 9.26 Å². The molecule has 0 spiro atoms. The molecule has 0 aliphatic heterocycles. The summed E-state index contributed by atoms with van der Waals surface area (Å²) in [6.07, 6.45) is 0. The minimum atomic E-state index is -0.271. The largest absolute Gasteiger partial charge is 0.397 e. The summed E-state index contributed by atoms with van der Waals surface area (Å²) in [7, 11) is 0. The average Bonchev–Trinajstić information content (AvgIpc) is 2.29. The van der Waals surface area contributed by atoms with Gasteiger partial charge in [-0.1, -0.05) is 0 Å². The van der Waals surface area contributed by atoms with Crippen LogP contribution in [0.5, 0.6) is 0 Å². The van der Waals surface area contributed by atoms with E-state index < -0.39 is 0 Å². The number of hydrogen-bond donors (Lipinski definition) is 2. The Morgan fingerprint density at radius 1 is 1.06 bits per heavy atom. The highest BCUT2D eigenvalue weighted by Crippen LogP contribution is 2.27. The van der Waals surface area contributed by atoms with Crippen molar-refractivity contribution in [2.75, 3.05) is 11.1 Å². The highest BCUT2D eigenvalue weighted by molar-refractivity contribution is 14.1. The van der Waals surface area contributed by atoms with E-state index in [2.05, 4.69) is 27.9 Å². The molecule has 0 bridgehead atoms. The third kappa shape index (κ3) is 3.21. The first-order valence-corrected chi connectivity index (χ1v) is 6.99. The fourth-order valence-corrected chi connectivity index (χ4v) is 2.21. The number of anilines is 3. The highest BCUT2D eigenvalue weighted by atomic mass is 127. The third-order valence-corrected chi connectivity index (χ3v) is 3.76. The zero-order valence-corrected chi connectivity index (χ0v) is 13.0. The molecule has 0 unspecified atom stereocenters. The topological polar surface area (TPSA) is 38.0 Å². The van der Waals surface area contributed by atoms with Crippen LogP contribution in [0.25, 0.3) is 0 Å². The van der Waals surface area contributed by atoms with Crippen molar-refractivity contribution in [2.24, 2.45) is 0 Å². The maximum atomic E-state index is 13.4. The number of nitrogen functional groups attached to an aromatic ring is 1. The predicted octanol–water partition coefficient (Wildman–Crippen LogP) is 4.36. The maximum Gasteiger partial charge on any atom is 0.138 e. The Labute approximate surface area is 126 Å². The first-order valence-electron chi connectivity index (χ1n) is 4.83. The number of rotatable bonds is 2. The van der Waals surface area contributed by atoms with Crippen molar-refractivity contribution in [3.8, 4) is 0 Å². The second-order valence-corrected chi connectivity index (χ2v) is 5.89. The Balaban J connectivity index is 2.30. The van der Waals surface area contributed by atoms with Crippen molar-refractivity contribution in [2.45, 2.75) is 0 Å². The van der Waals surface area contributed by atoms with Gasteiger partial charge in [0, 0.05) is 15.3 Å². The van der Waals surface area contributed by atoms with Gasteiger partial charge in [0.05, 0.1) is 14.9 Å². The van der Waals surface area contributed by atoms with Crippen LogP contribution in [0.4, 0.5) is 21.5 Å². The molecule has 0 heterocycles. The van der Waals surface area contributed by atoms with Crippen LogP contribution >= 0.6 is 45.2 Å². The summed E-state index contributed by atoms with van der Waals surface area (Å²) < 4.78 is 15.1. The molecule has 0 aliphatic carbocycles. The van der Waals surface area contributed by atoms with Crippen LogP contribution in [0.1, 0.15) is 0 Å². The van der Waals surface area contributed by atoms with Gasteiger partial charge in [0.25, 0.3) is 0 Å². The Morgan fingerprint density at radius 3 is 2.35 bits per heavy atom. The molecule has 0 radical (unpaired) electrons. The molecule has 0 fully saturated rings.